The number of fused-ring (bicyclic) bond motifs is 2. The molecule has 0 aromatic rings. The summed E-state index contributed by atoms with van der Waals surface area (Å²) in [6.07, 6.45) is 3.62. The van der Waals surface area contributed by atoms with Gasteiger partial charge in [0, 0.05) is 25.2 Å². The lowest BCUT2D eigenvalue weighted by molar-refractivity contribution is 0.0145. The van der Waals surface area contributed by atoms with E-state index in [1.165, 1.54) is 19.5 Å². The first kappa shape index (κ1) is 6.95. The van der Waals surface area contributed by atoms with Crippen molar-refractivity contribution < 1.29 is 0 Å². The van der Waals surface area contributed by atoms with E-state index in [2.05, 4.69) is 22.5 Å². The molecule has 0 N–H and O–H groups in total. The van der Waals surface area contributed by atoms with E-state index in [0.717, 1.165) is 12.1 Å². The summed E-state index contributed by atoms with van der Waals surface area (Å²) in [6, 6.07) is 1.72. The Bertz CT molecular complexity index is 128. The Labute approximate surface area is 66.7 Å². The summed E-state index contributed by atoms with van der Waals surface area (Å²) in [5, 5.41) is 0. The molecule has 0 amide bonds. The standard InChI is InChI=1S/C7H14N2S/c1-8-4-6-3-7(5-8)9(6)10-2/h6-7H,3-5H2,1-2H3. The normalized spacial score (nSPS) is 41.4. The smallest absolute Gasteiger partial charge is 0.0349 e. The molecule has 3 aliphatic rings. The second-order valence-corrected chi connectivity index (χ2v) is 4.09. The van der Waals surface area contributed by atoms with Crippen molar-refractivity contribution in [2.45, 2.75) is 18.5 Å². The fourth-order valence-corrected chi connectivity index (χ4v) is 2.99. The monoisotopic (exact) mass is 158 g/mol. The van der Waals surface area contributed by atoms with E-state index in [1.807, 2.05) is 11.9 Å². The topological polar surface area (TPSA) is 6.48 Å². The maximum atomic E-state index is 2.54. The third kappa shape index (κ3) is 0.881. The van der Waals surface area contributed by atoms with Gasteiger partial charge in [-0.2, -0.15) is 0 Å². The van der Waals surface area contributed by atoms with Gasteiger partial charge in [0.05, 0.1) is 0 Å². The van der Waals surface area contributed by atoms with Gasteiger partial charge in [0.1, 0.15) is 0 Å². The van der Waals surface area contributed by atoms with Gasteiger partial charge in [0.15, 0.2) is 0 Å². The van der Waals surface area contributed by atoms with Crippen molar-refractivity contribution in [3.63, 3.8) is 0 Å². The van der Waals surface area contributed by atoms with Gasteiger partial charge in [0.25, 0.3) is 0 Å². The van der Waals surface area contributed by atoms with Crippen molar-refractivity contribution in [2.24, 2.45) is 0 Å². The van der Waals surface area contributed by atoms with Crippen LogP contribution in [-0.4, -0.2) is 47.7 Å². The van der Waals surface area contributed by atoms with Crippen LogP contribution in [0.15, 0.2) is 0 Å². The van der Waals surface area contributed by atoms with E-state index in [4.69, 9.17) is 0 Å². The molecular formula is C7H14N2S. The van der Waals surface area contributed by atoms with Crippen LogP contribution < -0.4 is 0 Å². The average molecular weight is 158 g/mol. The Balaban J connectivity index is 1.96. The van der Waals surface area contributed by atoms with Gasteiger partial charge in [0.2, 0.25) is 0 Å². The fourth-order valence-electron chi connectivity index (χ4n) is 2.08. The number of nitrogens with zero attached hydrogens (tertiary/aromatic N) is 2. The Kier molecular flexibility index (Phi) is 1.66. The van der Waals surface area contributed by atoms with Gasteiger partial charge in [-0.05, 0) is 19.7 Å². The zero-order valence-corrected chi connectivity index (χ0v) is 7.40. The van der Waals surface area contributed by atoms with Crippen LogP contribution in [0.1, 0.15) is 6.42 Å². The van der Waals surface area contributed by atoms with Crippen molar-refractivity contribution in [3.8, 4) is 0 Å². The first-order valence-electron chi connectivity index (χ1n) is 3.82. The molecule has 0 aliphatic carbocycles. The molecule has 3 rings (SSSR count). The van der Waals surface area contributed by atoms with Gasteiger partial charge < -0.3 is 4.90 Å². The summed E-state index contributed by atoms with van der Waals surface area (Å²) < 4.78 is 2.54. The molecule has 3 heteroatoms. The number of likely N-dealkylation sites (N-methyl/N-ethyl adjacent to an activating group) is 1. The number of rotatable bonds is 1. The molecule has 0 spiro atoms. The average Bonchev–Trinajstić information content (AvgIpc) is 1.87. The quantitative estimate of drug-likeness (QED) is 0.517. The van der Waals surface area contributed by atoms with Crippen molar-refractivity contribution in [2.75, 3.05) is 26.4 Å². The van der Waals surface area contributed by atoms with Crippen LogP contribution >= 0.6 is 11.9 Å². The predicted molar refractivity (Wildman–Crippen MR) is 45.0 cm³/mol. The summed E-state index contributed by atoms with van der Waals surface area (Å²) in [4.78, 5) is 2.44. The molecule has 2 bridgehead atoms. The summed E-state index contributed by atoms with van der Waals surface area (Å²) in [5.74, 6) is 0. The Morgan fingerprint density at radius 2 is 1.90 bits per heavy atom. The van der Waals surface area contributed by atoms with Crippen molar-refractivity contribution in [1.29, 1.82) is 0 Å². The molecule has 2 atom stereocenters. The molecule has 2 unspecified atom stereocenters. The second-order valence-electron chi connectivity index (χ2n) is 3.31. The SMILES string of the molecule is CSN1C2CC1CN(C)C2. The van der Waals surface area contributed by atoms with Crippen LogP contribution in [-0.2, 0) is 0 Å². The van der Waals surface area contributed by atoms with Crippen LogP contribution in [0.5, 0.6) is 0 Å². The number of piperidine rings is 1. The molecule has 0 radical (unpaired) electrons. The van der Waals surface area contributed by atoms with Crippen LogP contribution in [0.25, 0.3) is 0 Å². The summed E-state index contributed by atoms with van der Waals surface area (Å²) >= 11 is 1.91. The summed E-state index contributed by atoms with van der Waals surface area (Å²) in [7, 11) is 2.22. The molecule has 58 valence electrons. The summed E-state index contributed by atoms with van der Waals surface area (Å²) in [6.45, 7) is 2.55. The Hall–Kier alpha value is 0.270. The van der Waals surface area contributed by atoms with Crippen LogP contribution in [0.4, 0.5) is 0 Å². The van der Waals surface area contributed by atoms with Gasteiger partial charge in [-0.15, -0.1) is 0 Å². The van der Waals surface area contributed by atoms with Crippen LogP contribution in [0, 0.1) is 0 Å². The highest BCUT2D eigenvalue weighted by Gasteiger charge is 2.43. The molecule has 0 aromatic carbocycles. The minimum atomic E-state index is 0.860. The van der Waals surface area contributed by atoms with E-state index < -0.39 is 0 Å². The van der Waals surface area contributed by atoms with Gasteiger partial charge in [-0.3, -0.25) is 0 Å². The molecule has 10 heavy (non-hydrogen) atoms. The first-order valence-corrected chi connectivity index (χ1v) is 5.00. The van der Waals surface area contributed by atoms with Gasteiger partial charge in [-0.25, -0.2) is 4.31 Å². The maximum absolute atomic E-state index is 2.54. The van der Waals surface area contributed by atoms with Crippen molar-refractivity contribution >= 4 is 11.9 Å². The number of piperazine rings is 1. The highest BCUT2D eigenvalue weighted by Crippen LogP contribution is 2.35. The van der Waals surface area contributed by atoms with E-state index in [-0.39, 0.29) is 0 Å². The highest BCUT2D eigenvalue weighted by molar-refractivity contribution is 7.96. The largest absolute Gasteiger partial charge is 0.303 e. The molecule has 3 heterocycles. The number of hydrogen-bond donors (Lipinski definition) is 0. The van der Waals surface area contributed by atoms with Crippen molar-refractivity contribution in [1.82, 2.24) is 9.21 Å². The third-order valence-corrected chi connectivity index (χ3v) is 3.54. The third-order valence-electron chi connectivity index (χ3n) is 2.52. The molecular weight excluding hydrogens is 144 g/mol. The molecule has 0 aromatic heterocycles. The lowest BCUT2D eigenvalue weighted by Crippen LogP contribution is -2.64. The summed E-state index contributed by atoms with van der Waals surface area (Å²) in [5.41, 5.74) is 0. The Morgan fingerprint density at radius 3 is 2.40 bits per heavy atom. The first-order chi connectivity index (χ1) is 4.81. The highest BCUT2D eigenvalue weighted by atomic mass is 32.2. The lowest BCUT2D eigenvalue weighted by atomic mass is 9.92. The molecule has 2 nitrogen and oxygen atoms in total. The van der Waals surface area contributed by atoms with E-state index in [9.17, 15) is 0 Å². The molecule has 3 fully saturated rings. The minimum Gasteiger partial charge on any atom is -0.303 e. The lowest BCUT2D eigenvalue weighted by Gasteiger charge is -2.54. The fraction of sp³-hybridized carbons (Fsp3) is 1.00. The van der Waals surface area contributed by atoms with Crippen molar-refractivity contribution in [3.05, 3.63) is 0 Å². The van der Waals surface area contributed by atoms with Crippen LogP contribution in [0.3, 0.4) is 0 Å². The molecule has 3 saturated heterocycles. The molecule has 0 saturated carbocycles. The maximum Gasteiger partial charge on any atom is 0.0349 e. The van der Waals surface area contributed by atoms with Crippen LogP contribution in [0.2, 0.25) is 0 Å². The van der Waals surface area contributed by atoms with E-state index in [0.29, 0.717) is 0 Å². The predicted octanol–water partition coefficient (Wildman–Crippen LogP) is 0.653. The van der Waals surface area contributed by atoms with E-state index >= 15 is 0 Å². The zero-order chi connectivity index (χ0) is 7.14. The van der Waals surface area contributed by atoms with E-state index in [1.54, 1.807) is 0 Å². The molecule has 3 aliphatic heterocycles. The number of hydrogen-bond acceptors (Lipinski definition) is 3. The van der Waals surface area contributed by atoms with Gasteiger partial charge >= 0.3 is 0 Å². The van der Waals surface area contributed by atoms with Gasteiger partial charge in [-0.1, -0.05) is 11.9 Å². The zero-order valence-electron chi connectivity index (χ0n) is 6.58. The minimum absolute atomic E-state index is 0.860. The second kappa shape index (κ2) is 2.40. The Morgan fingerprint density at radius 1 is 1.30 bits per heavy atom.